The largest absolute Gasteiger partial charge is 0.469 e. The monoisotopic (exact) mass is 268 g/mol. The Morgan fingerprint density at radius 1 is 1.32 bits per heavy atom. The van der Waals surface area contributed by atoms with Crippen LogP contribution in [-0.2, 0) is 9.57 Å². The molecule has 2 fully saturated rings. The highest BCUT2D eigenvalue weighted by atomic mass is 16.7. The maximum atomic E-state index is 5.99. The third-order valence-electron chi connectivity index (χ3n) is 4.08. The van der Waals surface area contributed by atoms with Crippen LogP contribution in [0.25, 0.3) is 0 Å². The zero-order valence-corrected chi connectivity index (χ0v) is 11.4. The minimum Gasteiger partial charge on any atom is -0.469 e. The molecule has 3 aliphatic rings. The molecular weight excluding hydrogens is 244 g/mol. The fourth-order valence-electron chi connectivity index (χ4n) is 3.03. The molecule has 0 aliphatic carbocycles. The molecule has 6 nitrogen and oxygen atoms in total. The van der Waals surface area contributed by atoms with Crippen molar-refractivity contribution in [3.05, 3.63) is 0 Å². The van der Waals surface area contributed by atoms with Crippen LogP contribution in [0.1, 0.15) is 25.7 Å². The number of likely N-dealkylation sites (tertiary alicyclic amines) is 1. The van der Waals surface area contributed by atoms with Crippen molar-refractivity contribution >= 4 is 5.90 Å². The smallest absolute Gasteiger partial charge is 0.243 e. The van der Waals surface area contributed by atoms with Crippen molar-refractivity contribution < 1.29 is 9.57 Å². The summed E-state index contributed by atoms with van der Waals surface area (Å²) in [6.07, 6.45) is 4.93. The van der Waals surface area contributed by atoms with E-state index in [-0.39, 0.29) is 18.2 Å². The lowest BCUT2D eigenvalue weighted by molar-refractivity contribution is -0.0133. The average Bonchev–Trinajstić information content (AvgIpc) is 2.87. The van der Waals surface area contributed by atoms with Crippen molar-refractivity contribution in [1.29, 1.82) is 0 Å². The van der Waals surface area contributed by atoms with Crippen LogP contribution in [-0.4, -0.2) is 61.8 Å². The van der Waals surface area contributed by atoms with E-state index in [0.717, 1.165) is 19.5 Å². The van der Waals surface area contributed by atoms with Crippen molar-refractivity contribution in [2.45, 2.75) is 43.9 Å². The zero-order chi connectivity index (χ0) is 13.1. The van der Waals surface area contributed by atoms with Crippen LogP contribution in [0.15, 0.2) is 5.16 Å². The summed E-state index contributed by atoms with van der Waals surface area (Å²) in [7, 11) is 0. The van der Waals surface area contributed by atoms with Gasteiger partial charge in [0.15, 0.2) is 6.61 Å². The first-order chi connectivity index (χ1) is 9.31. The number of nitrogens with zero attached hydrogens (tertiary/aromatic N) is 2. The third kappa shape index (κ3) is 3.38. The van der Waals surface area contributed by atoms with Crippen molar-refractivity contribution in [2.75, 3.05) is 32.8 Å². The van der Waals surface area contributed by atoms with Crippen LogP contribution >= 0.6 is 0 Å². The van der Waals surface area contributed by atoms with Crippen LogP contribution in [0.2, 0.25) is 0 Å². The minimum absolute atomic E-state index is 0.101. The fraction of sp³-hybridized carbons (Fsp3) is 0.923. The number of nitrogens with one attached hydrogen (secondary N) is 1. The first kappa shape index (κ1) is 13.1. The van der Waals surface area contributed by atoms with Crippen LogP contribution in [0.3, 0.4) is 0 Å². The Morgan fingerprint density at radius 3 is 2.89 bits per heavy atom. The SMILES string of the molecule is N[C@@H]1CN[C@@H](C2=NOCC(CN3CCCCC3)O2)C1. The lowest BCUT2D eigenvalue weighted by Crippen LogP contribution is -2.45. The zero-order valence-electron chi connectivity index (χ0n) is 11.4. The van der Waals surface area contributed by atoms with E-state index in [9.17, 15) is 0 Å². The molecular formula is C13H24N4O2. The van der Waals surface area contributed by atoms with Crippen molar-refractivity contribution in [3.8, 4) is 0 Å². The van der Waals surface area contributed by atoms with Gasteiger partial charge in [0.2, 0.25) is 5.90 Å². The van der Waals surface area contributed by atoms with Gasteiger partial charge in [0, 0.05) is 19.1 Å². The average molecular weight is 268 g/mol. The molecule has 6 heteroatoms. The Kier molecular flexibility index (Phi) is 4.20. The Hall–Kier alpha value is -0.850. The van der Waals surface area contributed by atoms with Gasteiger partial charge in [-0.25, -0.2) is 0 Å². The summed E-state index contributed by atoms with van der Waals surface area (Å²) in [5.74, 6) is 0.682. The molecule has 2 saturated heterocycles. The second kappa shape index (κ2) is 6.07. The van der Waals surface area contributed by atoms with E-state index in [4.69, 9.17) is 15.3 Å². The molecule has 0 aromatic rings. The molecule has 0 aromatic carbocycles. The Labute approximate surface area is 114 Å². The number of hydrogen-bond acceptors (Lipinski definition) is 6. The van der Waals surface area contributed by atoms with Gasteiger partial charge in [0.05, 0.1) is 6.04 Å². The number of piperidine rings is 1. The van der Waals surface area contributed by atoms with Gasteiger partial charge in [-0.15, -0.1) is 0 Å². The molecule has 3 rings (SSSR count). The quantitative estimate of drug-likeness (QED) is 0.747. The summed E-state index contributed by atoms with van der Waals surface area (Å²) >= 11 is 0. The van der Waals surface area contributed by atoms with Crippen molar-refractivity contribution in [2.24, 2.45) is 10.9 Å². The maximum absolute atomic E-state index is 5.99. The molecule has 108 valence electrons. The molecule has 3 aliphatic heterocycles. The van der Waals surface area contributed by atoms with E-state index >= 15 is 0 Å². The van der Waals surface area contributed by atoms with Gasteiger partial charge in [-0.2, -0.15) is 0 Å². The number of rotatable bonds is 3. The van der Waals surface area contributed by atoms with Crippen LogP contribution in [0, 0.1) is 0 Å². The molecule has 0 saturated carbocycles. The van der Waals surface area contributed by atoms with E-state index in [1.165, 1.54) is 32.4 Å². The van der Waals surface area contributed by atoms with E-state index in [0.29, 0.717) is 12.5 Å². The first-order valence-electron chi connectivity index (χ1n) is 7.39. The first-order valence-corrected chi connectivity index (χ1v) is 7.39. The van der Waals surface area contributed by atoms with Gasteiger partial charge in [-0.3, -0.25) is 4.90 Å². The van der Waals surface area contributed by atoms with Gasteiger partial charge in [0.25, 0.3) is 0 Å². The van der Waals surface area contributed by atoms with E-state index in [2.05, 4.69) is 15.4 Å². The Balaban J connectivity index is 1.50. The Morgan fingerprint density at radius 2 is 2.16 bits per heavy atom. The summed E-state index contributed by atoms with van der Waals surface area (Å²) in [6.45, 7) is 4.68. The molecule has 0 bridgehead atoms. The third-order valence-corrected chi connectivity index (χ3v) is 4.08. The molecule has 3 atom stereocenters. The van der Waals surface area contributed by atoms with E-state index in [1.54, 1.807) is 0 Å². The van der Waals surface area contributed by atoms with Gasteiger partial charge < -0.3 is 20.6 Å². The molecule has 0 amide bonds. The number of nitrogens with two attached hydrogens (primary N) is 1. The summed E-state index contributed by atoms with van der Waals surface area (Å²) in [5.41, 5.74) is 5.89. The molecule has 3 N–H and O–H groups in total. The van der Waals surface area contributed by atoms with Crippen molar-refractivity contribution in [1.82, 2.24) is 10.2 Å². The topological polar surface area (TPSA) is 72.1 Å². The van der Waals surface area contributed by atoms with Crippen molar-refractivity contribution in [3.63, 3.8) is 0 Å². The van der Waals surface area contributed by atoms with Gasteiger partial charge in [0.1, 0.15) is 6.10 Å². The predicted octanol–water partition coefficient (Wildman–Crippen LogP) is -0.110. The highest BCUT2D eigenvalue weighted by Gasteiger charge is 2.32. The molecule has 0 spiro atoms. The summed E-state index contributed by atoms with van der Waals surface area (Å²) in [5, 5.41) is 7.37. The standard InChI is InChI=1S/C13H24N4O2/c14-10-6-12(15-7-10)13-16-18-9-11(19-13)8-17-4-2-1-3-5-17/h10-12,15H,1-9,14H2/t10-,11?,12+/m0/s1. The highest BCUT2D eigenvalue weighted by Crippen LogP contribution is 2.15. The van der Waals surface area contributed by atoms with Gasteiger partial charge in [-0.1, -0.05) is 11.6 Å². The molecule has 0 radical (unpaired) electrons. The Bertz CT molecular complexity index is 331. The minimum atomic E-state index is 0.101. The van der Waals surface area contributed by atoms with Crippen LogP contribution < -0.4 is 11.1 Å². The van der Waals surface area contributed by atoms with Gasteiger partial charge in [-0.05, 0) is 32.4 Å². The molecule has 19 heavy (non-hydrogen) atoms. The summed E-state index contributed by atoms with van der Waals surface area (Å²) in [6, 6.07) is 0.318. The van der Waals surface area contributed by atoms with E-state index < -0.39 is 0 Å². The number of ether oxygens (including phenoxy) is 1. The maximum Gasteiger partial charge on any atom is 0.243 e. The highest BCUT2D eigenvalue weighted by molar-refractivity contribution is 5.82. The summed E-state index contributed by atoms with van der Waals surface area (Å²) in [4.78, 5) is 7.81. The second-order valence-corrected chi connectivity index (χ2v) is 5.78. The lowest BCUT2D eigenvalue weighted by Gasteiger charge is -2.32. The van der Waals surface area contributed by atoms with Gasteiger partial charge >= 0.3 is 0 Å². The fourth-order valence-corrected chi connectivity index (χ4v) is 3.03. The number of oxime groups is 1. The predicted molar refractivity (Wildman–Crippen MR) is 72.9 cm³/mol. The van der Waals surface area contributed by atoms with Crippen LogP contribution in [0.4, 0.5) is 0 Å². The molecule has 1 unspecified atom stereocenters. The second-order valence-electron chi connectivity index (χ2n) is 5.78. The van der Waals surface area contributed by atoms with E-state index in [1.807, 2.05) is 0 Å². The molecule has 0 aromatic heterocycles. The molecule has 3 heterocycles. The van der Waals surface area contributed by atoms with Crippen LogP contribution in [0.5, 0.6) is 0 Å². The normalized spacial score (nSPS) is 36.5. The lowest BCUT2D eigenvalue weighted by atomic mass is 10.1. The summed E-state index contributed by atoms with van der Waals surface area (Å²) < 4.78 is 5.99. The number of hydrogen-bond donors (Lipinski definition) is 2.